The van der Waals surface area contributed by atoms with Gasteiger partial charge >= 0.3 is 0 Å². The molecule has 3 nitrogen and oxygen atoms in total. The molecule has 52 valence electrons. The SMILES string of the molecule is N#Cc1nn(CF)cc1I. The second kappa shape index (κ2) is 2.96. The van der Waals surface area contributed by atoms with Gasteiger partial charge in [0, 0.05) is 6.20 Å². The number of nitriles is 1. The molecule has 0 aliphatic rings. The van der Waals surface area contributed by atoms with E-state index in [4.69, 9.17) is 5.26 Å². The molecule has 1 aromatic rings. The van der Waals surface area contributed by atoms with Gasteiger partial charge in [-0.2, -0.15) is 10.4 Å². The minimum absolute atomic E-state index is 0.276. The van der Waals surface area contributed by atoms with Gasteiger partial charge in [-0.05, 0) is 22.6 Å². The largest absolute Gasteiger partial charge is 0.239 e. The fourth-order valence-electron chi connectivity index (χ4n) is 0.534. The summed E-state index contributed by atoms with van der Waals surface area (Å²) >= 11 is 1.93. The van der Waals surface area contributed by atoms with Crippen LogP contribution in [-0.2, 0) is 6.80 Å². The van der Waals surface area contributed by atoms with Crippen LogP contribution in [0.1, 0.15) is 5.69 Å². The number of alkyl halides is 1. The smallest absolute Gasteiger partial charge is 0.181 e. The first kappa shape index (κ1) is 7.47. The van der Waals surface area contributed by atoms with Crippen LogP contribution in [0.4, 0.5) is 4.39 Å². The van der Waals surface area contributed by atoms with Crippen LogP contribution in [0, 0.1) is 14.9 Å². The first-order chi connectivity index (χ1) is 4.77. The summed E-state index contributed by atoms with van der Waals surface area (Å²) in [5.74, 6) is 0. The molecule has 5 heteroatoms. The van der Waals surface area contributed by atoms with Crippen LogP contribution in [0.3, 0.4) is 0 Å². The van der Waals surface area contributed by atoms with Crippen LogP contribution in [0.2, 0.25) is 0 Å². The summed E-state index contributed by atoms with van der Waals surface area (Å²) in [5, 5.41) is 12.0. The maximum Gasteiger partial charge on any atom is 0.181 e. The molecule has 1 heterocycles. The van der Waals surface area contributed by atoms with Crippen LogP contribution >= 0.6 is 22.6 Å². The van der Waals surface area contributed by atoms with Crippen molar-refractivity contribution in [1.82, 2.24) is 9.78 Å². The Morgan fingerprint density at radius 1 is 1.90 bits per heavy atom. The van der Waals surface area contributed by atoms with Gasteiger partial charge in [0.1, 0.15) is 6.07 Å². The van der Waals surface area contributed by atoms with Crippen LogP contribution < -0.4 is 0 Å². The predicted molar refractivity (Wildman–Crippen MR) is 40.8 cm³/mol. The molecule has 0 saturated heterocycles. The molecule has 0 aromatic carbocycles. The lowest BCUT2D eigenvalue weighted by molar-refractivity contribution is 0.349. The van der Waals surface area contributed by atoms with E-state index < -0.39 is 6.80 Å². The molecule has 10 heavy (non-hydrogen) atoms. The van der Waals surface area contributed by atoms with E-state index in [1.165, 1.54) is 6.20 Å². The molecule has 0 fully saturated rings. The van der Waals surface area contributed by atoms with E-state index in [0.717, 1.165) is 4.68 Å². The maximum absolute atomic E-state index is 11.8. The maximum atomic E-state index is 11.8. The summed E-state index contributed by atoms with van der Waals surface area (Å²) in [7, 11) is 0. The quantitative estimate of drug-likeness (QED) is 0.705. The Bertz CT molecular complexity index is 275. The van der Waals surface area contributed by atoms with Crippen molar-refractivity contribution >= 4 is 22.6 Å². The number of halogens is 2. The lowest BCUT2D eigenvalue weighted by Gasteiger charge is -1.85. The molecule has 0 spiro atoms. The molecule has 0 aliphatic heterocycles. The number of aromatic nitrogens is 2. The van der Waals surface area contributed by atoms with E-state index in [1.807, 2.05) is 28.7 Å². The van der Waals surface area contributed by atoms with Gasteiger partial charge < -0.3 is 0 Å². The number of nitrogens with zero attached hydrogens (tertiary/aromatic N) is 3. The average molecular weight is 251 g/mol. The number of hydrogen-bond acceptors (Lipinski definition) is 2. The molecular weight excluding hydrogens is 248 g/mol. The van der Waals surface area contributed by atoms with Gasteiger partial charge in [0.25, 0.3) is 0 Å². The van der Waals surface area contributed by atoms with E-state index >= 15 is 0 Å². The van der Waals surface area contributed by atoms with Crippen molar-refractivity contribution in [1.29, 1.82) is 5.26 Å². The summed E-state index contributed by atoms with van der Waals surface area (Å²) < 4.78 is 13.6. The van der Waals surface area contributed by atoms with Crippen molar-refractivity contribution < 1.29 is 4.39 Å². The Kier molecular flexibility index (Phi) is 2.21. The van der Waals surface area contributed by atoms with Crippen LogP contribution in [0.5, 0.6) is 0 Å². The third kappa shape index (κ3) is 1.26. The fraction of sp³-hybridized carbons (Fsp3) is 0.200. The summed E-state index contributed by atoms with van der Waals surface area (Å²) in [6, 6.07) is 1.84. The number of rotatable bonds is 1. The topological polar surface area (TPSA) is 41.6 Å². The Hall–Kier alpha value is -0.640. The van der Waals surface area contributed by atoms with Gasteiger partial charge in [0.2, 0.25) is 0 Å². The van der Waals surface area contributed by atoms with Gasteiger partial charge in [0.15, 0.2) is 12.5 Å². The molecule has 0 amide bonds. The van der Waals surface area contributed by atoms with Crippen molar-refractivity contribution in [3.8, 4) is 6.07 Å². The fourth-order valence-corrected chi connectivity index (χ4v) is 1.08. The van der Waals surface area contributed by atoms with Gasteiger partial charge in [-0.1, -0.05) is 0 Å². The standard InChI is InChI=1S/C5H3FIN3/c6-3-10-2-4(7)5(1-8)9-10/h2H,3H2. The Morgan fingerprint density at radius 3 is 2.90 bits per heavy atom. The van der Waals surface area contributed by atoms with Gasteiger partial charge in [0.05, 0.1) is 3.57 Å². The molecule has 0 unspecified atom stereocenters. The van der Waals surface area contributed by atoms with Crippen molar-refractivity contribution in [3.05, 3.63) is 15.5 Å². The monoisotopic (exact) mass is 251 g/mol. The first-order valence-corrected chi connectivity index (χ1v) is 3.55. The highest BCUT2D eigenvalue weighted by Gasteiger charge is 2.03. The molecule has 0 radical (unpaired) electrons. The van der Waals surface area contributed by atoms with Crippen molar-refractivity contribution in [3.63, 3.8) is 0 Å². The summed E-state index contributed by atoms with van der Waals surface area (Å²) in [4.78, 5) is 0. The lowest BCUT2D eigenvalue weighted by atomic mass is 10.5. The zero-order valence-corrected chi connectivity index (χ0v) is 7.04. The molecule has 0 atom stereocenters. The molecule has 1 rings (SSSR count). The van der Waals surface area contributed by atoms with Crippen molar-refractivity contribution in [2.45, 2.75) is 6.80 Å². The van der Waals surface area contributed by atoms with E-state index in [0.29, 0.717) is 3.57 Å². The van der Waals surface area contributed by atoms with Crippen LogP contribution in [0.25, 0.3) is 0 Å². The minimum atomic E-state index is -0.683. The normalized spacial score (nSPS) is 9.30. The van der Waals surface area contributed by atoms with E-state index in [9.17, 15) is 4.39 Å². The molecule has 0 aliphatic carbocycles. The summed E-state index contributed by atoms with van der Waals surface area (Å²) in [6.07, 6.45) is 1.49. The Labute approximate surface area is 70.6 Å². The highest BCUT2D eigenvalue weighted by atomic mass is 127. The third-order valence-corrected chi connectivity index (χ3v) is 1.73. The second-order valence-electron chi connectivity index (χ2n) is 1.60. The molecule has 1 aromatic heterocycles. The van der Waals surface area contributed by atoms with E-state index in [1.54, 1.807) is 0 Å². The van der Waals surface area contributed by atoms with E-state index in [2.05, 4.69) is 5.10 Å². The van der Waals surface area contributed by atoms with Crippen LogP contribution in [0.15, 0.2) is 6.20 Å². The zero-order chi connectivity index (χ0) is 7.56. The molecule has 0 N–H and O–H groups in total. The van der Waals surface area contributed by atoms with Gasteiger partial charge in [-0.15, -0.1) is 0 Å². The average Bonchev–Trinajstić information content (AvgIpc) is 2.30. The van der Waals surface area contributed by atoms with Gasteiger partial charge in [-0.3, -0.25) is 0 Å². The van der Waals surface area contributed by atoms with Crippen molar-refractivity contribution in [2.24, 2.45) is 0 Å². The zero-order valence-electron chi connectivity index (χ0n) is 4.88. The highest BCUT2D eigenvalue weighted by molar-refractivity contribution is 14.1. The third-order valence-electron chi connectivity index (χ3n) is 0.945. The van der Waals surface area contributed by atoms with E-state index in [-0.39, 0.29) is 5.69 Å². The molecule has 0 saturated carbocycles. The Morgan fingerprint density at radius 2 is 2.60 bits per heavy atom. The summed E-state index contributed by atoms with van der Waals surface area (Å²) in [6.45, 7) is -0.683. The highest BCUT2D eigenvalue weighted by Crippen LogP contribution is 2.08. The minimum Gasteiger partial charge on any atom is -0.239 e. The molecule has 0 bridgehead atoms. The van der Waals surface area contributed by atoms with Crippen molar-refractivity contribution in [2.75, 3.05) is 0 Å². The molecular formula is C5H3FIN3. The predicted octanol–water partition coefficient (Wildman–Crippen LogP) is 1.29. The van der Waals surface area contributed by atoms with Crippen LogP contribution in [-0.4, -0.2) is 9.78 Å². The second-order valence-corrected chi connectivity index (χ2v) is 2.76. The lowest BCUT2D eigenvalue weighted by Crippen LogP contribution is -1.92. The Balaban J connectivity index is 3.07. The number of hydrogen-bond donors (Lipinski definition) is 0. The van der Waals surface area contributed by atoms with Gasteiger partial charge in [-0.25, -0.2) is 9.07 Å². The summed E-state index contributed by atoms with van der Waals surface area (Å²) in [5.41, 5.74) is 0.276. The first-order valence-electron chi connectivity index (χ1n) is 2.47.